The number of hydrogen-bond donors (Lipinski definition) is 0. The highest BCUT2D eigenvalue weighted by Crippen LogP contribution is 2.40. The maximum Gasteiger partial charge on any atom is 0.0551 e. The summed E-state index contributed by atoms with van der Waals surface area (Å²) >= 11 is 0. The Hall–Kier alpha value is -6.30. The molecule has 8 rings (SSSR count). The smallest absolute Gasteiger partial charge is 0.0551 e. The van der Waals surface area contributed by atoms with E-state index in [0.717, 1.165) is 39.7 Å². The molecule has 0 spiro atoms. The molecule has 7 aromatic rings. The van der Waals surface area contributed by atoms with Gasteiger partial charge in [-0.3, -0.25) is 0 Å². The van der Waals surface area contributed by atoms with Crippen molar-refractivity contribution in [3.63, 3.8) is 0 Å². The molecule has 0 radical (unpaired) electrons. The van der Waals surface area contributed by atoms with Crippen molar-refractivity contribution in [2.45, 2.75) is 0 Å². The van der Waals surface area contributed by atoms with E-state index >= 15 is 0 Å². The first-order valence-electron chi connectivity index (χ1n) is 15.5. The van der Waals surface area contributed by atoms with Crippen LogP contribution in [0.1, 0.15) is 0 Å². The van der Waals surface area contributed by atoms with Crippen LogP contribution in [0.3, 0.4) is 0 Å². The van der Waals surface area contributed by atoms with E-state index in [1.807, 2.05) is 12.2 Å². The number of benzene rings is 7. The molecule has 0 fully saturated rings. The Bertz CT molecular complexity index is 2310. The molecule has 7 aromatic carbocycles. The molecule has 1 aliphatic rings. The Labute approximate surface area is 269 Å². The highest BCUT2D eigenvalue weighted by atomic mass is 15.2. The lowest BCUT2D eigenvalue weighted by molar-refractivity contribution is 1.22. The summed E-state index contributed by atoms with van der Waals surface area (Å²) in [6.07, 6.45) is 5.99. The minimum absolute atomic E-state index is 1.04. The van der Waals surface area contributed by atoms with E-state index in [1.54, 1.807) is 0 Å². The van der Waals surface area contributed by atoms with Gasteiger partial charge in [0.05, 0.1) is 17.1 Å². The molecule has 216 valence electrons. The second kappa shape index (κ2) is 12.0. The fourth-order valence-electron chi connectivity index (χ4n) is 6.32. The minimum Gasteiger partial charge on any atom is -0.310 e. The monoisotopic (exact) mass is 586 g/mol. The summed E-state index contributed by atoms with van der Waals surface area (Å²) in [6, 6.07) is 58.4. The van der Waals surface area contributed by atoms with Gasteiger partial charge in [-0.25, -0.2) is 0 Å². The maximum absolute atomic E-state index is 3.14. The normalized spacial score (nSPS) is 12.0. The third-order valence-electron chi connectivity index (χ3n) is 8.51. The van der Waals surface area contributed by atoms with Gasteiger partial charge in [-0.15, -0.1) is 0 Å². The standard InChI is InChI=1S/C44H30N2/c1-3-17-37(18-4-1)45(43-23-11-15-35-13-7-9-21-41(35)43)39-29-25-33(26-30-39)34-27-31-40(32-28-34)46(38-19-5-2-6-20-38)44-24-12-16-36-14-8-10-22-42(36)44/h1,3-5,7-32H. The van der Waals surface area contributed by atoms with E-state index in [-0.39, 0.29) is 0 Å². The lowest BCUT2D eigenvalue weighted by Crippen LogP contribution is -2.15. The van der Waals surface area contributed by atoms with Crippen LogP contribution in [0, 0.1) is 0 Å². The Balaban J connectivity index is 1.16. The van der Waals surface area contributed by atoms with Gasteiger partial charge in [0.1, 0.15) is 0 Å². The third kappa shape index (κ3) is 5.11. The average Bonchev–Trinajstić information content (AvgIpc) is 3.14. The van der Waals surface area contributed by atoms with Crippen LogP contribution < -0.4 is 9.80 Å². The van der Waals surface area contributed by atoms with Gasteiger partial charge in [0.15, 0.2) is 0 Å². The summed E-state index contributed by atoms with van der Waals surface area (Å²) in [7, 11) is 0. The molecular formula is C44H30N2. The molecule has 2 nitrogen and oxygen atoms in total. The zero-order valence-corrected chi connectivity index (χ0v) is 25.2. The van der Waals surface area contributed by atoms with Crippen LogP contribution in [-0.2, 0) is 0 Å². The number of nitrogens with zero attached hydrogens (tertiary/aromatic N) is 2. The molecule has 0 atom stereocenters. The maximum atomic E-state index is 3.14. The van der Waals surface area contributed by atoms with Crippen molar-refractivity contribution in [1.29, 1.82) is 0 Å². The summed E-state index contributed by atoms with van der Waals surface area (Å²) in [6.45, 7) is 0. The minimum atomic E-state index is 1.04. The largest absolute Gasteiger partial charge is 0.310 e. The summed E-state index contributed by atoms with van der Waals surface area (Å²) in [5.74, 6) is 0. The van der Waals surface area contributed by atoms with Crippen LogP contribution >= 0.6 is 0 Å². The first kappa shape index (κ1) is 27.3. The Morgan fingerprint density at radius 3 is 1.41 bits per heavy atom. The molecule has 0 aromatic heterocycles. The number of para-hydroxylation sites is 1. The second-order valence-corrected chi connectivity index (χ2v) is 11.3. The molecule has 0 bridgehead atoms. The van der Waals surface area contributed by atoms with Gasteiger partial charge >= 0.3 is 0 Å². The first-order valence-corrected chi connectivity index (χ1v) is 15.5. The average molecular weight is 587 g/mol. The van der Waals surface area contributed by atoms with Crippen LogP contribution in [0.25, 0.3) is 32.7 Å². The lowest BCUT2D eigenvalue weighted by atomic mass is 10.0. The zero-order valence-electron chi connectivity index (χ0n) is 25.2. The van der Waals surface area contributed by atoms with E-state index in [2.05, 4.69) is 191 Å². The Morgan fingerprint density at radius 1 is 0.370 bits per heavy atom. The van der Waals surface area contributed by atoms with Gasteiger partial charge in [0.25, 0.3) is 0 Å². The van der Waals surface area contributed by atoms with Crippen LogP contribution in [0.4, 0.5) is 28.4 Å². The van der Waals surface area contributed by atoms with E-state index in [9.17, 15) is 0 Å². The molecule has 2 heteroatoms. The number of allylic oxidation sites excluding steroid dienone is 3. The van der Waals surface area contributed by atoms with Crippen LogP contribution in [0.2, 0.25) is 0 Å². The van der Waals surface area contributed by atoms with Crippen molar-refractivity contribution in [1.82, 2.24) is 0 Å². The molecule has 0 aliphatic heterocycles. The SMILES string of the molecule is C1=C=CC(N(c2ccc(-c3ccc(N(c4ccccc4)c4cccc5ccccc45)cc3)cc2)c2cccc3ccccc23)=CC=1. The predicted molar refractivity (Wildman–Crippen MR) is 194 cm³/mol. The molecule has 46 heavy (non-hydrogen) atoms. The fraction of sp³-hybridized carbons (Fsp3) is 0. The van der Waals surface area contributed by atoms with E-state index < -0.39 is 0 Å². The molecule has 0 saturated carbocycles. The van der Waals surface area contributed by atoms with E-state index in [0.29, 0.717) is 0 Å². The number of hydrogen-bond acceptors (Lipinski definition) is 2. The van der Waals surface area contributed by atoms with Crippen molar-refractivity contribution in [3.8, 4) is 11.1 Å². The quantitative estimate of drug-likeness (QED) is 0.171. The number of rotatable bonds is 7. The number of anilines is 5. The molecule has 0 heterocycles. The van der Waals surface area contributed by atoms with E-state index in [4.69, 9.17) is 0 Å². The van der Waals surface area contributed by atoms with Crippen molar-refractivity contribution >= 4 is 50.0 Å². The highest BCUT2D eigenvalue weighted by Gasteiger charge is 2.17. The fourth-order valence-corrected chi connectivity index (χ4v) is 6.32. The molecular weight excluding hydrogens is 556 g/mol. The van der Waals surface area contributed by atoms with Crippen molar-refractivity contribution in [3.05, 3.63) is 199 Å². The Kier molecular flexibility index (Phi) is 7.11. The van der Waals surface area contributed by atoms with Crippen molar-refractivity contribution in [2.75, 3.05) is 9.80 Å². The van der Waals surface area contributed by atoms with Crippen LogP contribution in [0.5, 0.6) is 0 Å². The topological polar surface area (TPSA) is 6.48 Å². The van der Waals surface area contributed by atoms with Crippen molar-refractivity contribution < 1.29 is 0 Å². The summed E-state index contributed by atoms with van der Waals surface area (Å²) in [4.78, 5) is 4.63. The van der Waals surface area contributed by atoms with Gasteiger partial charge < -0.3 is 9.80 Å². The molecule has 0 unspecified atom stereocenters. The summed E-state index contributed by atoms with van der Waals surface area (Å²) < 4.78 is 0. The van der Waals surface area contributed by atoms with Gasteiger partial charge in [0, 0.05) is 33.9 Å². The Morgan fingerprint density at radius 2 is 0.848 bits per heavy atom. The van der Waals surface area contributed by atoms with Gasteiger partial charge in [-0.1, -0.05) is 127 Å². The zero-order chi connectivity index (χ0) is 30.7. The highest BCUT2D eigenvalue weighted by molar-refractivity contribution is 5.99. The van der Waals surface area contributed by atoms with Crippen LogP contribution in [-0.4, -0.2) is 0 Å². The van der Waals surface area contributed by atoms with Gasteiger partial charge in [-0.2, -0.15) is 0 Å². The second-order valence-electron chi connectivity index (χ2n) is 11.3. The first-order chi connectivity index (χ1) is 22.8. The predicted octanol–water partition coefficient (Wildman–Crippen LogP) is 12.0. The molecule has 0 saturated heterocycles. The lowest BCUT2D eigenvalue weighted by Gasteiger charge is -2.28. The molecule has 0 N–H and O–H groups in total. The molecule has 1 aliphatic carbocycles. The number of fused-ring (bicyclic) bond motifs is 2. The summed E-state index contributed by atoms with van der Waals surface area (Å²) in [5, 5.41) is 4.85. The van der Waals surface area contributed by atoms with Gasteiger partial charge in [0.2, 0.25) is 0 Å². The third-order valence-corrected chi connectivity index (χ3v) is 8.51. The van der Waals surface area contributed by atoms with E-state index in [1.165, 1.54) is 27.1 Å². The van der Waals surface area contributed by atoms with Crippen molar-refractivity contribution in [2.24, 2.45) is 0 Å². The molecule has 0 amide bonds. The van der Waals surface area contributed by atoms with Crippen LogP contribution in [0.15, 0.2) is 199 Å². The summed E-state index contributed by atoms with van der Waals surface area (Å²) in [5.41, 5.74) is 15.2. The van der Waals surface area contributed by atoms with Gasteiger partial charge in [-0.05, 0) is 82.6 Å².